The van der Waals surface area contributed by atoms with Crippen LogP contribution in [0.15, 0.2) is 36.4 Å². The molecule has 2 aromatic carbocycles. The number of anilines is 1. The smallest absolute Gasteiger partial charge is 0.167 e. The Morgan fingerprint density at radius 2 is 1.71 bits per heavy atom. The molecule has 0 fully saturated rings. The van der Waals surface area contributed by atoms with Gasteiger partial charge in [0.15, 0.2) is 11.6 Å². The lowest BCUT2D eigenvalue weighted by atomic mass is 9.85. The van der Waals surface area contributed by atoms with E-state index >= 15 is 0 Å². The van der Waals surface area contributed by atoms with Gasteiger partial charge in [0, 0.05) is 17.3 Å². The van der Waals surface area contributed by atoms with Crippen molar-refractivity contribution in [1.82, 2.24) is 0 Å². The molecule has 0 saturated carbocycles. The van der Waals surface area contributed by atoms with E-state index in [-0.39, 0.29) is 11.2 Å². The first-order valence-corrected chi connectivity index (χ1v) is 7.17. The summed E-state index contributed by atoms with van der Waals surface area (Å²) in [6.07, 6.45) is 0.958. The Morgan fingerprint density at radius 3 is 2.29 bits per heavy atom. The van der Waals surface area contributed by atoms with Crippen LogP contribution in [-0.4, -0.2) is 0 Å². The van der Waals surface area contributed by atoms with Crippen LogP contribution in [0, 0.1) is 5.82 Å². The van der Waals surface area contributed by atoms with Gasteiger partial charge >= 0.3 is 0 Å². The first-order chi connectivity index (χ1) is 9.81. The number of hydrogen-bond acceptors (Lipinski definition) is 2. The van der Waals surface area contributed by atoms with Gasteiger partial charge in [-0.05, 0) is 35.6 Å². The van der Waals surface area contributed by atoms with Gasteiger partial charge in [0.05, 0.1) is 0 Å². The molecule has 0 aliphatic carbocycles. The second kappa shape index (κ2) is 5.76. The van der Waals surface area contributed by atoms with Gasteiger partial charge in [0.2, 0.25) is 0 Å². The molecule has 0 aliphatic heterocycles. The van der Waals surface area contributed by atoms with Gasteiger partial charge in [-0.3, -0.25) is 0 Å². The molecule has 0 atom stereocenters. The van der Waals surface area contributed by atoms with Crippen molar-refractivity contribution in [1.29, 1.82) is 0 Å². The summed E-state index contributed by atoms with van der Waals surface area (Å²) < 4.78 is 19.7. The Kier molecular flexibility index (Phi) is 4.21. The number of ether oxygens (including phenoxy) is 1. The lowest BCUT2D eigenvalue weighted by molar-refractivity contribution is 0.425. The highest BCUT2D eigenvalue weighted by Gasteiger charge is 2.20. The maximum atomic E-state index is 13.9. The largest absolute Gasteiger partial charge is 0.454 e. The van der Waals surface area contributed by atoms with Crippen LogP contribution in [0.5, 0.6) is 11.5 Å². The van der Waals surface area contributed by atoms with Gasteiger partial charge < -0.3 is 10.5 Å². The van der Waals surface area contributed by atoms with Crippen molar-refractivity contribution < 1.29 is 9.13 Å². The molecule has 112 valence electrons. The molecule has 2 nitrogen and oxygen atoms in total. The quantitative estimate of drug-likeness (QED) is 0.801. The normalized spacial score (nSPS) is 11.5. The summed E-state index contributed by atoms with van der Waals surface area (Å²) in [5.41, 5.74) is 8.18. The Balaban J connectivity index is 2.44. The third-order valence-corrected chi connectivity index (χ3v) is 3.44. The Labute approximate surface area is 125 Å². The fourth-order valence-electron chi connectivity index (χ4n) is 2.19. The summed E-state index contributed by atoms with van der Waals surface area (Å²) >= 11 is 0. The average molecular weight is 287 g/mol. The Morgan fingerprint density at radius 1 is 1.05 bits per heavy atom. The topological polar surface area (TPSA) is 35.2 Å². The predicted molar refractivity (Wildman–Crippen MR) is 85.4 cm³/mol. The number of hydrogen-bond donors (Lipinski definition) is 1. The lowest BCUT2D eigenvalue weighted by Gasteiger charge is -2.23. The zero-order valence-electron chi connectivity index (χ0n) is 13.0. The Bertz CT molecular complexity index is 644. The Hall–Kier alpha value is -2.03. The van der Waals surface area contributed by atoms with Crippen LogP contribution < -0.4 is 10.5 Å². The van der Waals surface area contributed by atoms with Gasteiger partial charge in [0.25, 0.3) is 0 Å². The highest BCUT2D eigenvalue weighted by atomic mass is 19.1. The second-order valence-electron chi connectivity index (χ2n) is 6.23. The molecular formula is C18H22FNO. The molecule has 0 unspecified atom stereocenters. The molecule has 0 aliphatic rings. The van der Waals surface area contributed by atoms with Crippen molar-refractivity contribution in [3.8, 4) is 11.5 Å². The molecule has 0 saturated heterocycles. The standard InChI is InChI=1S/C18H22FNO/c1-5-12-6-8-16(14(10-12)18(2,3)4)21-17-9-7-13(20)11-15(17)19/h6-11H,5,20H2,1-4H3. The number of nitrogen functional groups attached to an aromatic ring is 1. The van der Waals surface area contributed by atoms with Crippen molar-refractivity contribution in [2.24, 2.45) is 0 Å². The highest BCUT2D eigenvalue weighted by Crippen LogP contribution is 2.36. The van der Waals surface area contributed by atoms with E-state index in [0.29, 0.717) is 11.4 Å². The van der Waals surface area contributed by atoms with E-state index in [2.05, 4.69) is 33.8 Å². The van der Waals surface area contributed by atoms with Crippen molar-refractivity contribution >= 4 is 5.69 Å². The molecule has 2 rings (SSSR count). The fraction of sp³-hybridized carbons (Fsp3) is 0.333. The monoisotopic (exact) mass is 287 g/mol. The third-order valence-electron chi connectivity index (χ3n) is 3.44. The van der Waals surface area contributed by atoms with Crippen molar-refractivity contribution in [3.63, 3.8) is 0 Å². The van der Waals surface area contributed by atoms with E-state index < -0.39 is 5.82 Å². The number of benzene rings is 2. The van der Waals surface area contributed by atoms with Crippen LogP contribution in [0.4, 0.5) is 10.1 Å². The van der Waals surface area contributed by atoms with Crippen molar-refractivity contribution in [2.45, 2.75) is 39.5 Å². The second-order valence-corrected chi connectivity index (χ2v) is 6.23. The first-order valence-electron chi connectivity index (χ1n) is 7.17. The molecule has 0 bridgehead atoms. The fourth-order valence-corrected chi connectivity index (χ4v) is 2.19. The van der Waals surface area contributed by atoms with Crippen molar-refractivity contribution in [3.05, 3.63) is 53.3 Å². The number of aryl methyl sites for hydroxylation is 1. The summed E-state index contributed by atoms with van der Waals surface area (Å²) in [7, 11) is 0. The van der Waals surface area contributed by atoms with Crippen LogP contribution in [-0.2, 0) is 11.8 Å². The van der Waals surface area contributed by atoms with E-state index in [9.17, 15) is 4.39 Å². The molecule has 2 N–H and O–H groups in total. The minimum absolute atomic E-state index is 0.0786. The number of nitrogens with two attached hydrogens (primary N) is 1. The molecule has 0 radical (unpaired) electrons. The van der Waals surface area contributed by atoms with Gasteiger partial charge in [-0.1, -0.05) is 39.8 Å². The van der Waals surface area contributed by atoms with Crippen molar-refractivity contribution in [2.75, 3.05) is 5.73 Å². The summed E-state index contributed by atoms with van der Waals surface area (Å²) in [6.45, 7) is 8.47. The molecule has 3 heteroatoms. The van der Waals surface area contributed by atoms with Crippen LogP contribution >= 0.6 is 0 Å². The highest BCUT2D eigenvalue weighted by molar-refractivity contribution is 5.47. The van der Waals surface area contributed by atoms with Gasteiger partial charge in [-0.25, -0.2) is 4.39 Å². The molecule has 2 aromatic rings. The van der Waals surface area contributed by atoms with E-state index in [1.165, 1.54) is 11.6 Å². The molecule has 0 aromatic heterocycles. The summed E-state index contributed by atoms with van der Waals surface area (Å²) in [5.74, 6) is 0.428. The van der Waals surface area contributed by atoms with Crippen LogP contribution in [0.25, 0.3) is 0 Å². The molecule has 0 amide bonds. The zero-order chi connectivity index (χ0) is 15.6. The summed E-state index contributed by atoms with van der Waals surface area (Å²) in [4.78, 5) is 0. The van der Waals surface area contributed by atoms with Crippen LogP contribution in [0.3, 0.4) is 0 Å². The zero-order valence-corrected chi connectivity index (χ0v) is 13.0. The lowest BCUT2D eigenvalue weighted by Crippen LogP contribution is -2.13. The van der Waals surface area contributed by atoms with E-state index in [1.807, 2.05) is 12.1 Å². The van der Waals surface area contributed by atoms with Crippen LogP contribution in [0.2, 0.25) is 0 Å². The van der Waals surface area contributed by atoms with E-state index in [0.717, 1.165) is 12.0 Å². The molecule has 0 spiro atoms. The van der Waals surface area contributed by atoms with Gasteiger partial charge in [0.1, 0.15) is 5.75 Å². The van der Waals surface area contributed by atoms with Gasteiger partial charge in [-0.15, -0.1) is 0 Å². The third kappa shape index (κ3) is 3.54. The minimum Gasteiger partial charge on any atom is -0.454 e. The van der Waals surface area contributed by atoms with E-state index in [4.69, 9.17) is 10.5 Å². The molecule has 21 heavy (non-hydrogen) atoms. The van der Waals surface area contributed by atoms with Gasteiger partial charge in [-0.2, -0.15) is 0 Å². The molecule has 0 heterocycles. The minimum atomic E-state index is -0.450. The van der Waals surface area contributed by atoms with Crippen LogP contribution in [0.1, 0.15) is 38.8 Å². The average Bonchev–Trinajstić information content (AvgIpc) is 2.41. The maximum absolute atomic E-state index is 13.9. The van der Waals surface area contributed by atoms with E-state index in [1.54, 1.807) is 12.1 Å². The maximum Gasteiger partial charge on any atom is 0.167 e. The molecular weight excluding hydrogens is 265 g/mol. The number of halogens is 1. The predicted octanol–water partition coefficient (Wildman–Crippen LogP) is 5.06. The first kappa shape index (κ1) is 15.4. The summed E-state index contributed by atoms with van der Waals surface area (Å²) in [5, 5.41) is 0. The summed E-state index contributed by atoms with van der Waals surface area (Å²) in [6, 6.07) is 10.5. The SMILES string of the molecule is CCc1ccc(Oc2ccc(N)cc2F)c(C(C)(C)C)c1. The number of rotatable bonds is 3.